The molecule has 1 saturated heterocycles. The second kappa shape index (κ2) is 4.37. The summed E-state index contributed by atoms with van der Waals surface area (Å²) in [4.78, 5) is 2.46. The molecule has 0 bridgehead atoms. The highest BCUT2D eigenvalue weighted by molar-refractivity contribution is 4.94. The van der Waals surface area contributed by atoms with E-state index in [2.05, 4.69) is 4.90 Å². The van der Waals surface area contributed by atoms with Gasteiger partial charge in [0.1, 0.15) is 0 Å². The first-order valence-corrected chi connectivity index (χ1v) is 5.79. The minimum Gasteiger partial charge on any atom is -0.351 e. The summed E-state index contributed by atoms with van der Waals surface area (Å²) in [5, 5.41) is 0. The van der Waals surface area contributed by atoms with Crippen molar-refractivity contribution in [2.75, 3.05) is 27.3 Å². The van der Waals surface area contributed by atoms with Gasteiger partial charge in [-0.15, -0.1) is 0 Å². The fourth-order valence-corrected chi connectivity index (χ4v) is 2.64. The van der Waals surface area contributed by atoms with Gasteiger partial charge in [-0.3, -0.25) is 4.90 Å². The fourth-order valence-electron chi connectivity index (χ4n) is 2.64. The minimum absolute atomic E-state index is 0.334. The molecule has 0 aromatic rings. The van der Waals surface area contributed by atoms with Crippen LogP contribution in [-0.2, 0) is 9.47 Å². The summed E-state index contributed by atoms with van der Waals surface area (Å²) in [6.45, 7) is 1.81. The van der Waals surface area contributed by atoms with Crippen LogP contribution in [-0.4, -0.2) is 50.1 Å². The van der Waals surface area contributed by atoms with Crippen LogP contribution >= 0.6 is 0 Å². The Hall–Kier alpha value is -0.160. The number of ether oxygens (including phenoxy) is 2. The van der Waals surface area contributed by atoms with E-state index in [1.54, 1.807) is 14.2 Å². The zero-order chi connectivity index (χ0) is 10.9. The van der Waals surface area contributed by atoms with E-state index in [-0.39, 0.29) is 5.79 Å². The van der Waals surface area contributed by atoms with Crippen LogP contribution in [0.4, 0.5) is 0 Å². The van der Waals surface area contributed by atoms with Crippen molar-refractivity contribution in [2.45, 2.75) is 43.6 Å². The van der Waals surface area contributed by atoms with Crippen LogP contribution in [0.1, 0.15) is 25.7 Å². The lowest BCUT2D eigenvalue weighted by Gasteiger charge is -2.52. The topological polar surface area (TPSA) is 47.7 Å². The van der Waals surface area contributed by atoms with Crippen LogP contribution in [0.3, 0.4) is 0 Å². The van der Waals surface area contributed by atoms with E-state index in [0.29, 0.717) is 12.1 Å². The van der Waals surface area contributed by atoms with Crippen LogP contribution < -0.4 is 5.73 Å². The lowest BCUT2D eigenvalue weighted by atomic mass is 9.88. The van der Waals surface area contributed by atoms with Crippen molar-refractivity contribution >= 4 is 0 Å². The highest BCUT2D eigenvalue weighted by Crippen LogP contribution is 2.32. The summed E-state index contributed by atoms with van der Waals surface area (Å²) in [6, 6.07) is 1.13. The monoisotopic (exact) mass is 214 g/mol. The maximum absolute atomic E-state index is 5.89. The third kappa shape index (κ3) is 2.18. The third-order valence-corrected chi connectivity index (χ3v) is 3.89. The van der Waals surface area contributed by atoms with Crippen molar-refractivity contribution in [3.8, 4) is 0 Å². The molecular formula is C11H22N2O2. The standard InChI is InChI=1S/C11H22N2O2/c1-14-11(15-2)7-13(8-11)10-5-3-9(12)4-6-10/h9-10H,3-8,12H2,1-2H3. The molecule has 1 heterocycles. The van der Waals surface area contributed by atoms with Crippen LogP contribution in [0.5, 0.6) is 0 Å². The normalized spacial score (nSPS) is 36.2. The fraction of sp³-hybridized carbons (Fsp3) is 1.00. The van der Waals surface area contributed by atoms with Crippen molar-refractivity contribution < 1.29 is 9.47 Å². The third-order valence-electron chi connectivity index (χ3n) is 3.89. The molecule has 88 valence electrons. The van der Waals surface area contributed by atoms with Crippen molar-refractivity contribution in [3.05, 3.63) is 0 Å². The highest BCUT2D eigenvalue weighted by Gasteiger charge is 2.46. The summed E-state index contributed by atoms with van der Waals surface area (Å²) in [6.07, 6.45) is 4.78. The molecule has 4 nitrogen and oxygen atoms in total. The predicted molar refractivity (Wildman–Crippen MR) is 58.6 cm³/mol. The quantitative estimate of drug-likeness (QED) is 0.697. The number of hydrogen-bond acceptors (Lipinski definition) is 4. The van der Waals surface area contributed by atoms with Gasteiger partial charge in [0.15, 0.2) is 5.79 Å². The Morgan fingerprint density at radius 2 is 1.60 bits per heavy atom. The molecule has 4 heteroatoms. The zero-order valence-corrected chi connectivity index (χ0v) is 9.74. The van der Waals surface area contributed by atoms with Crippen molar-refractivity contribution in [1.29, 1.82) is 0 Å². The van der Waals surface area contributed by atoms with E-state index in [0.717, 1.165) is 25.9 Å². The predicted octanol–water partition coefficient (Wildman–Crippen LogP) is 0.561. The Labute approximate surface area is 91.7 Å². The molecule has 2 aliphatic rings. The maximum Gasteiger partial charge on any atom is 0.193 e. The molecule has 1 aliphatic carbocycles. The molecule has 1 aliphatic heterocycles. The Morgan fingerprint density at radius 3 is 2.07 bits per heavy atom. The van der Waals surface area contributed by atoms with Crippen molar-refractivity contribution in [3.63, 3.8) is 0 Å². The smallest absolute Gasteiger partial charge is 0.193 e. The number of nitrogens with two attached hydrogens (primary N) is 1. The molecule has 0 radical (unpaired) electrons. The van der Waals surface area contributed by atoms with Gasteiger partial charge in [0.2, 0.25) is 0 Å². The van der Waals surface area contributed by atoms with E-state index >= 15 is 0 Å². The largest absolute Gasteiger partial charge is 0.351 e. The molecule has 0 amide bonds. The first-order chi connectivity index (χ1) is 7.19. The Kier molecular flexibility index (Phi) is 3.30. The summed E-state index contributed by atoms with van der Waals surface area (Å²) in [5.74, 6) is -0.334. The molecule has 15 heavy (non-hydrogen) atoms. The van der Waals surface area contributed by atoms with Gasteiger partial charge in [-0.1, -0.05) is 0 Å². The number of nitrogens with zero attached hydrogens (tertiary/aromatic N) is 1. The average Bonchev–Trinajstić information content (AvgIpc) is 2.20. The number of methoxy groups -OCH3 is 2. The van der Waals surface area contributed by atoms with E-state index in [1.165, 1.54) is 12.8 Å². The van der Waals surface area contributed by atoms with E-state index in [9.17, 15) is 0 Å². The van der Waals surface area contributed by atoms with E-state index in [4.69, 9.17) is 15.2 Å². The first kappa shape index (κ1) is 11.3. The Morgan fingerprint density at radius 1 is 1.07 bits per heavy atom. The average molecular weight is 214 g/mol. The lowest BCUT2D eigenvalue weighted by Crippen LogP contribution is -2.66. The molecular weight excluding hydrogens is 192 g/mol. The molecule has 0 unspecified atom stereocenters. The molecule has 1 saturated carbocycles. The summed E-state index contributed by atoms with van der Waals surface area (Å²) >= 11 is 0. The van der Waals surface area contributed by atoms with Gasteiger partial charge in [-0.05, 0) is 25.7 Å². The Bertz CT molecular complexity index is 203. The van der Waals surface area contributed by atoms with Crippen molar-refractivity contribution in [1.82, 2.24) is 4.90 Å². The molecule has 0 aromatic heterocycles. The van der Waals surface area contributed by atoms with Gasteiger partial charge in [0.25, 0.3) is 0 Å². The van der Waals surface area contributed by atoms with Crippen LogP contribution in [0.25, 0.3) is 0 Å². The van der Waals surface area contributed by atoms with Gasteiger partial charge in [-0.2, -0.15) is 0 Å². The molecule has 0 aromatic carbocycles. The van der Waals surface area contributed by atoms with Gasteiger partial charge < -0.3 is 15.2 Å². The zero-order valence-electron chi connectivity index (χ0n) is 9.74. The second-order valence-corrected chi connectivity index (χ2v) is 4.79. The lowest BCUT2D eigenvalue weighted by molar-refractivity contribution is -0.283. The van der Waals surface area contributed by atoms with Crippen LogP contribution in [0.2, 0.25) is 0 Å². The molecule has 2 N–H and O–H groups in total. The van der Waals surface area contributed by atoms with Gasteiger partial charge >= 0.3 is 0 Å². The van der Waals surface area contributed by atoms with Gasteiger partial charge in [0, 0.05) is 26.3 Å². The molecule has 0 atom stereocenters. The van der Waals surface area contributed by atoms with Crippen LogP contribution in [0, 0.1) is 0 Å². The maximum atomic E-state index is 5.89. The van der Waals surface area contributed by atoms with Gasteiger partial charge in [0.05, 0.1) is 13.1 Å². The highest BCUT2D eigenvalue weighted by atomic mass is 16.7. The van der Waals surface area contributed by atoms with Crippen LogP contribution in [0.15, 0.2) is 0 Å². The minimum atomic E-state index is -0.334. The first-order valence-electron chi connectivity index (χ1n) is 5.79. The molecule has 2 rings (SSSR count). The van der Waals surface area contributed by atoms with Crippen molar-refractivity contribution in [2.24, 2.45) is 5.73 Å². The SMILES string of the molecule is COC1(OC)CN(C2CCC(N)CC2)C1. The molecule has 2 fully saturated rings. The Balaban J connectivity index is 1.79. The summed E-state index contributed by atoms with van der Waals surface area (Å²) in [7, 11) is 3.44. The number of rotatable bonds is 3. The van der Waals surface area contributed by atoms with E-state index in [1.807, 2.05) is 0 Å². The molecule has 0 spiro atoms. The summed E-state index contributed by atoms with van der Waals surface area (Å²) in [5.41, 5.74) is 5.89. The number of hydrogen-bond donors (Lipinski definition) is 1. The van der Waals surface area contributed by atoms with Gasteiger partial charge in [-0.25, -0.2) is 0 Å². The summed E-state index contributed by atoms with van der Waals surface area (Å²) < 4.78 is 10.8. The second-order valence-electron chi connectivity index (χ2n) is 4.79. The number of likely N-dealkylation sites (tertiary alicyclic amines) is 1. The van der Waals surface area contributed by atoms with E-state index < -0.39 is 0 Å².